The molecule has 0 fully saturated rings. The molecular formula is C12H25KO4S. The van der Waals surface area contributed by atoms with Gasteiger partial charge in [0.1, 0.15) is 10.1 Å². The predicted molar refractivity (Wildman–Crippen MR) is 67.5 cm³/mol. The number of aliphatic hydroxyl groups is 1. The quantitative estimate of drug-likeness (QED) is 0.344. The minimum atomic E-state index is -4.63. The summed E-state index contributed by atoms with van der Waals surface area (Å²) >= 11 is 0. The molecule has 0 aromatic carbocycles. The average Bonchev–Trinajstić information content (AvgIpc) is 2.23. The second kappa shape index (κ2) is 11.2. The molecule has 4 nitrogen and oxygen atoms in total. The van der Waals surface area contributed by atoms with Crippen LogP contribution in [0.4, 0.5) is 0 Å². The zero-order chi connectivity index (χ0) is 13.4. The van der Waals surface area contributed by atoms with Crippen LogP contribution in [-0.2, 0) is 10.1 Å². The fourth-order valence-corrected chi connectivity index (χ4v) is 2.64. The molecule has 0 aliphatic heterocycles. The smallest absolute Gasteiger partial charge is 0.746 e. The van der Waals surface area contributed by atoms with Crippen LogP contribution in [0.3, 0.4) is 0 Å². The summed E-state index contributed by atoms with van der Waals surface area (Å²) in [6.07, 6.45) is 6.00. The first kappa shape index (κ1) is 21.8. The van der Waals surface area contributed by atoms with E-state index in [-0.39, 0.29) is 64.2 Å². The Morgan fingerprint density at radius 1 is 0.944 bits per heavy atom. The Balaban J connectivity index is 0. The van der Waals surface area contributed by atoms with E-state index in [1.807, 2.05) is 6.92 Å². The summed E-state index contributed by atoms with van der Waals surface area (Å²) in [7, 11) is -4.63. The van der Waals surface area contributed by atoms with Gasteiger partial charge in [0.25, 0.3) is 0 Å². The molecule has 0 aliphatic carbocycles. The van der Waals surface area contributed by atoms with Gasteiger partial charge in [-0.2, -0.15) is 0 Å². The third kappa shape index (κ3) is 8.63. The summed E-state index contributed by atoms with van der Waals surface area (Å²) < 4.78 is 33.3. The summed E-state index contributed by atoms with van der Waals surface area (Å²) in [5.74, 6) is 0. The van der Waals surface area contributed by atoms with Crippen molar-refractivity contribution in [2.45, 2.75) is 76.6 Å². The molecule has 18 heavy (non-hydrogen) atoms. The van der Waals surface area contributed by atoms with E-state index in [9.17, 15) is 18.1 Å². The molecule has 0 aromatic rings. The van der Waals surface area contributed by atoms with Crippen molar-refractivity contribution in [3.8, 4) is 0 Å². The first-order valence-electron chi connectivity index (χ1n) is 6.55. The first-order chi connectivity index (χ1) is 7.87. The van der Waals surface area contributed by atoms with Gasteiger partial charge in [-0.1, -0.05) is 46.0 Å². The van der Waals surface area contributed by atoms with Crippen molar-refractivity contribution >= 4 is 10.1 Å². The molecule has 0 aliphatic rings. The maximum Gasteiger partial charge on any atom is 1.00 e. The normalized spacial score (nSPS) is 14.9. The average molecular weight is 304 g/mol. The largest absolute Gasteiger partial charge is 1.00 e. The molecule has 6 heteroatoms. The zero-order valence-corrected chi connectivity index (χ0v) is 15.9. The molecule has 0 heterocycles. The van der Waals surface area contributed by atoms with Crippen molar-refractivity contribution in [2.24, 2.45) is 0 Å². The van der Waals surface area contributed by atoms with Gasteiger partial charge in [-0.3, -0.25) is 0 Å². The molecule has 1 unspecified atom stereocenters. The molecule has 1 atom stereocenters. The fraction of sp³-hybridized carbons (Fsp3) is 1.00. The number of hydrogen-bond donors (Lipinski definition) is 1. The maximum atomic E-state index is 11.1. The van der Waals surface area contributed by atoms with Crippen LogP contribution in [0, 0.1) is 0 Å². The molecule has 0 bridgehead atoms. The zero-order valence-electron chi connectivity index (χ0n) is 11.9. The van der Waals surface area contributed by atoms with Gasteiger partial charge >= 0.3 is 51.4 Å². The van der Waals surface area contributed by atoms with E-state index in [0.717, 1.165) is 32.1 Å². The number of unbranched alkanes of at least 4 members (excludes halogenated alkanes) is 5. The van der Waals surface area contributed by atoms with E-state index >= 15 is 0 Å². The molecule has 0 amide bonds. The van der Waals surface area contributed by atoms with Crippen LogP contribution in [0.5, 0.6) is 0 Å². The molecule has 0 spiro atoms. The van der Waals surface area contributed by atoms with Gasteiger partial charge < -0.3 is 9.66 Å². The second-order valence-corrected chi connectivity index (χ2v) is 6.34. The topological polar surface area (TPSA) is 77.4 Å². The van der Waals surface area contributed by atoms with Crippen molar-refractivity contribution in [1.82, 2.24) is 0 Å². The van der Waals surface area contributed by atoms with Crippen LogP contribution in [0.15, 0.2) is 0 Å². The Morgan fingerprint density at radius 3 is 1.72 bits per heavy atom. The van der Waals surface area contributed by atoms with Crippen LogP contribution in [0.25, 0.3) is 0 Å². The van der Waals surface area contributed by atoms with E-state index in [0.29, 0.717) is 12.8 Å². The van der Waals surface area contributed by atoms with Gasteiger partial charge in [0.15, 0.2) is 4.93 Å². The Hall–Kier alpha value is 1.51. The summed E-state index contributed by atoms with van der Waals surface area (Å²) in [5, 5.41) is 9.97. The van der Waals surface area contributed by atoms with E-state index < -0.39 is 15.1 Å². The van der Waals surface area contributed by atoms with Crippen molar-refractivity contribution in [2.75, 3.05) is 0 Å². The van der Waals surface area contributed by atoms with Gasteiger partial charge in [0.05, 0.1) is 0 Å². The van der Waals surface area contributed by atoms with E-state index in [2.05, 4.69) is 6.92 Å². The van der Waals surface area contributed by atoms with Gasteiger partial charge in [-0.25, -0.2) is 8.42 Å². The molecule has 0 aromatic heterocycles. The second-order valence-electron chi connectivity index (χ2n) is 4.67. The fourth-order valence-electron chi connectivity index (χ4n) is 1.85. The Kier molecular flexibility index (Phi) is 13.6. The molecular weight excluding hydrogens is 279 g/mol. The first-order valence-corrected chi connectivity index (χ1v) is 7.96. The van der Waals surface area contributed by atoms with Crippen LogP contribution in [0.1, 0.15) is 71.6 Å². The van der Waals surface area contributed by atoms with Crippen molar-refractivity contribution < 1.29 is 69.5 Å². The summed E-state index contributed by atoms with van der Waals surface area (Å²) in [6, 6.07) is 0. The maximum absolute atomic E-state index is 11.1. The van der Waals surface area contributed by atoms with E-state index in [1.165, 1.54) is 0 Å². The Labute approximate surface area is 154 Å². The molecule has 0 rings (SSSR count). The Bertz CT molecular complexity index is 292. The van der Waals surface area contributed by atoms with Crippen molar-refractivity contribution in [3.63, 3.8) is 0 Å². The van der Waals surface area contributed by atoms with Crippen LogP contribution >= 0.6 is 0 Å². The summed E-state index contributed by atoms with van der Waals surface area (Å²) in [5.41, 5.74) is 0. The number of hydrogen-bond acceptors (Lipinski definition) is 4. The minimum absolute atomic E-state index is 0. The standard InChI is InChI=1S/C12H26O4S.K/c1-3-5-7-9-11-12(13,17(14,15)16)10-8-6-4-2;/h13H,3-11H2,1-2H3,(H,14,15,16);/q;+1/p-1. The molecule has 0 radical (unpaired) electrons. The summed E-state index contributed by atoms with van der Waals surface area (Å²) in [4.78, 5) is -2.05. The Morgan fingerprint density at radius 2 is 1.33 bits per heavy atom. The molecule has 0 saturated heterocycles. The molecule has 1 N–H and O–H groups in total. The molecule has 104 valence electrons. The van der Waals surface area contributed by atoms with Gasteiger partial charge in [-0.05, 0) is 25.7 Å². The monoisotopic (exact) mass is 304 g/mol. The third-order valence-electron chi connectivity index (χ3n) is 3.06. The third-order valence-corrected chi connectivity index (χ3v) is 4.40. The minimum Gasteiger partial charge on any atom is -0.746 e. The van der Waals surface area contributed by atoms with Crippen LogP contribution in [-0.4, -0.2) is 23.0 Å². The van der Waals surface area contributed by atoms with E-state index in [4.69, 9.17) is 0 Å². The number of rotatable bonds is 10. The predicted octanol–water partition coefficient (Wildman–Crippen LogP) is -0.225. The van der Waals surface area contributed by atoms with Gasteiger partial charge in [0.2, 0.25) is 0 Å². The van der Waals surface area contributed by atoms with Crippen molar-refractivity contribution in [1.29, 1.82) is 0 Å². The van der Waals surface area contributed by atoms with Crippen LogP contribution in [0.2, 0.25) is 0 Å². The molecule has 0 saturated carbocycles. The van der Waals surface area contributed by atoms with Gasteiger partial charge in [-0.15, -0.1) is 0 Å². The van der Waals surface area contributed by atoms with Crippen LogP contribution < -0.4 is 51.4 Å². The SMILES string of the molecule is CCCCCCC(O)(CCCCC)S(=O)(=O)[O-].[K+]. The van der Waals surface area contributed by atoms with E-state index in [1.54, 1.807) is 0 Å². The van der Waals surface area contributed by atoms with Gasteiger partial charge in [0, 0.05) is 0 Å². The van der Waals surface area contributed by atoms with Crippen molar-refractivity contribution in [3.05, 3.63) is 0 Å². The summed E-state index contributed by atoms with van der Waals surface area (Å²) in [6.45, 7) is 4.05.